The number of anilines is 2. The zero-order valence-corrected chi connectivity index (χ0v) is 12.6. The van der Waals surface area contributed by atoms with E-state index in [1.54, 1.807) is 55.6 Å². The predicted octanol–water partition coefficient (Wildman–Crippen LogP) is 2.43. The third-order valence-electron chi connectivity index (χ3n) is 3.16. The van der Waals surface area contributed by atoms with E-state index in [4.69, 9.17) is 5.26 Å². The molecule has 0 heterocycles. The quantitative estimate of drug-likeness (QED) is 0.941. The molecule has 0 aromatic heterocycles. The maximum atomic E-state index is 12.5. The molecule has 0 aliphatic heterocycles. The molecular formula is C15H15N3O2S. The molecule has 0 aliphatic carbocycles. The fourth-order valence-corrected chi connectivity index (χ4v) is 3.03. The molecule has 0 unspecified atom stereocenters. The molecule has 108 valence electrons. The van der Waals surface area contributed by atoms with E-state index in [2.05, 4.69) is 5.32 Å². The maximum Gasteiger partial charge on any atom is 0.264 e. The van der Waals surface area contributed by atoms with Gasteiger partial charge in [0.1, 0.15) is 0 Å². The highest BCUT2D eigenvalue weighted by Gasteiger charge is 2.21. The summed E-state index contributed by atoms with van der Waals surface area (Å²) in [6.45, 7) is 0. The summed E-state index contributed by atoms with van der Waals surface area (Å²) in [4.78, 5) is 0.216. The van der Waals surface area contributed by atoms with Gasteiger partial charge in [-0.25, -0.2) is 8.42 Å². The third kappa shape index (κ3) is 2.98. The first kappa shape index (κ1) is 14.9. The highest BCUT2D eigenvalue weighted by atomic mass is 32.2. The summed E-state index contributed by atoms with van der Waals surface area (Å²) in [5.41, 5.74) is 1.84. The fourth-order valence-electron chi connectivity index (χ4n) is 1.84. The van der Waals surface area contributed by atoms with Gasteiger partial charge in [0.05, 0.1) is 22.2 Å². The SMILES string of the molecule is CNc1ccc(S(=O)(=O)N(C)c2ccc(C#N)cc2)cc1. The third-order valence-corrected chi connectivity index (χ3v) is 4.96. The van der Waals surface area contributed by atoms with E-state index >= 15 is 0 Å². The molecule has 0 atom stereocenters. The Morgan fingerprint density at radius 2 is 1.62 bits per heavy atom. The van der Waals surface area contributed by atoms with Crippen LogP contribution in [0.15, 0.2) is 53.4 Å². The van der Waals surface area contributed by atoms with Crippen molar-refractivity contribution in [1.82, 2.24) is 0 Å². The van der Waals surface area contributed by atoms with Crippen molar-refractivity contribution in [2.75, 3.05) is 23.7 Å². The van der Waals surface area contributed by atoms with Crippen LogP contribution in [-0.4, -0.2) is 22.5 Å². The van der Waals surface area contributed by atoms with Gasteiger partial charge in [-0.2, -0.15) is 5.26 Å². The van der Waals surface area contributed by atoms with E-state index in [0.29, 0.717) is 11.3 Å². The Bertz CT molecular complexity index is 760. The van der Waals surface area contributed by atoms with E-state index in [0.717, 1.165) is 5.69 Å². The Morgan fingerprint density at radius 1 is 1.05 bits per heavy atom. The summed E-state index contributed by atoms with van der Waals surface area (Å²) in [5.74, 6) is 0. The Kier molecular flexibility index (Phi) is 4.15. The van der Waals surface area contributed by atoms with Crippen molar-refractivity contribution >= 4 is 21.4 Å². The van der Waals surface area contributed by atoms with Crippen molar-refractivity contribution in [3.05, 3.63) is 54.1 Å². The highest BCUT2D eigenvalue weighted by molar-refractivity contribution is 7.92. The van der Waals surface area contributed by atoms with Gasteiger partial charge >= 0.3 is 0 Å². The van der Waals surface area contributed by atoms with Gasteiger partial charge < -0.3 is 5.32 Å². The minimum atomic E-state index is -3.61. The van der Waals surface area contributed by atoms with Gasteiger partial charge in [-0.05, 0) is 48.5 Å². The number of nitrogens with zero attached hydrogens (tertiary/aromatic N) is 2. The molecule has 2 aromatic carbocycles. The molecule has 2 rings (SSSR count). The predicted molar refractivity (Wildman–Crippen MR) is 82.7 cm³/mol. The number of hydrogen-bond acceptors (Lipinski definition) is 4. The highest BCUT2D eigenvalue weighted by Crippen LogP contribution is 2.23. The van der Waals surface area contributed by atoms with Crippen molar-refractivity contribution in [2.24, 2.45) is 0 Å². The summed E-state index contributed by atoms with van der Waals surface area (Å²) in [5, 5.41) is 11.7. The van der Waals surface area contributed by atoms with E-state index in [1.807, 2.05) is 6.07 Å². The molecule has 0 aliphatic rings. The smallest absolute Gasteiger partial charge is 0.264 e. The number of sulfonamides is 1. The number of nitriles is 1. The molecule has 2 aromatic rings. The van der Waals surface area contributed by atoms with Crippen molar-refractivity contribution in [3.63, 3.8) is 0 Å². The summed E-state index contributed by atoms with van der Waals surface area (Å²) in [6, 6.07) is 14.9. The van der Waals surface area contributed by atoms with Crippen LogP contribution in [0.25, 0.3) is 0 Å². The Morgan fingerprint density at radius 3 is 2.10 bits per heavy atom. The van der Waals surface area contributed by atoms with Crippen LogP contribution < -0.4 is 9.62 Å². The second-order valence-corrected chi connectivity index (χ2v) is 6.37. The Balaban J connectivity index is 2.34. The Labute approximate surface area is 124 Å². The van der Waals surface area contributed by atoms with E-state index in [-0.39, 0.29) is 4.90 Å². The minimum Gasteiger partial charge on any atom is -0.388 e. The van der Waals surface area contributed by atoms with Crippen molar-refractivity contribution in [1.29, 1.82) is 5.26 Å². The largest absolute Gasteiger partial charge is 0.388 e. The molecule has 0 amide bonds. The second-order valence-electron chi connectivity index (χ2n) is 4.41. The van der Waals surface area contributed by atoms with Gasteiger partial charge in [0, 0.05) is 19.8 Å². The van der Waals surface area contributed by atoms with E-state index in [9.17, 15) is 8.42 Å². The van der Waals surface area contributed by atoms with Crippen LogP contribution in [-0.2, 0) is 10.0 Å². The first-order chi connectivity index (χ1) is 9.98. The van der Waals surface area contributed by atoms with Crippen LogP contribution in [0.1, 0.15) is 5.56 Å². The molecular weight excluding hydrogens is 286 g/mol. The number of benzene rings is 2. The standard InChI is InChI=1S/C15H15N3O2S/c1-17-13-5-9-15(10-6-13)21(19,20)18(2)14-7-3-12(11-16)4-8-14/h3-10,17H,1-2H3. The lowest BCUT2D eigenvalue weighted by molar-refractivity contribution is 0.594. The van der Waals surface area contributed by atoms with Crippen molar-refractivity contribution < 1.29 is 8.42 Å². The van der Waals surface area contributed by atoms with Gasteiger partial charge in [-0.3, -0.25) is 4.31 Å². The van der Waals surface area contributed by atoms with Crippen LogP contribution in [0, 0.1) is 11.3 Å². The first-order valence-corrected chi connectivity index (χ1v) is 7.70. The lowest BCUT2D eigenvalue weighted by atomic mass is 10.2. The lowest BCUT2D eigenvalue weighted by Crippen LogP contribution is -2.26. The molecule has 5 nitrogen and oxygen atoms in total. The van der Waals surface area contributed by atoms with Gasteiger partial charge in [0.2, 0.25) is 0 Å². The molecule has 0 spiro atoms. The fraction of sp³-hybridized carbons (Fsp3) is 0.133. The zero-order chi connectivity index (χ0) is 15.5. The molecule has 0 saturated heterocycles. The second kappa shape index (κ2) is 5.85. The normalized spacial score (nSPS) is 10.7. The zero-order valence-electron chi connectivity index (χ0n) is 11.7. The van der Waals surface area contributed by atoms with Crippen LogP contribution in [0.5, 0.6) is 0 Å². The maximum absolute atomic E-state index is 12.5. The average Bonchev–Trinajstić information content (AvgIpc) is 2.54. The minimum absolute atomic E-state index is 0.216. The summed E-state index contributed by atoms with van der Waals surface area (Å²) in [6.07, 6.45) is 0. The monoisotopic (exact) mass is 301 g/mol. The Hall–Kier alpha value is -2.52. The first-order valence-electron chi connectivity index (χ1n) is 6.26. The molecule has 0 saturated carbocycles. The molecule has 6 heteroatoms. The molecule has 0 radical (unpaired) electrons. The number of nitrogens with one attached hydrogen (secondary N) is 1. The molecule has 0 bridgehead atoms. The van der Waals surface area contributed by atoms with Crippen molar-refractivity contribution in [3.8, 4) is 6.07 Å². The van der Waals surface area contributed by atoms with Gasteiger partial charge in [-0.1, -0.05) is 0 Å². The van der Waals surface area contributed by atoms with Gasteiger partial charge in [0.15, 0.2) is 0 Å². The lowest BCUT2D eigenvalue weighted by Gasteiger charge is -2.19. The topological polar surface area (TPSA) is 73.2 Å². The van der Waals surface area contributed by atoms with Gasteiger partial charge in [-0.15, -0.1) is 0 Å². The summed E-state index contributed by atoms with van der Waals surface area (Å²) >= 11 is 0. The van der Waals surface area contributed by atoms with Crippen molar-refractivity contribution in [2.45, 2.75) is 4.90 Å². The number of rotatable bonds is 4. The van der Waals surface area contributed by atoms with Crippen LogP contribution in [0.3, 0.4) is 0 Å². The van der Waals surface area contributed by atoms with Crippen LogP contribution in [0.2, 0.25) is 0 Å². The average molecular weight is 301 g/mol. The van der Waals surface area contributed by atoms with Crippen LogP contribution >= 0.6 is 0 Å². The van der Waals surface area contributed by atoms with Gasteiger partial charge in [0.25, 0.3) is 10.0 Å². The van der Waals surface area contributed by atoms with Crippen LogP contribution in [0.4, 0.5) is 11.4 Å². The molecule has 0 fully saturated rings. The number of hydrogen-bond donors (Lipinski definition) is 1. The molecule has 21 heavy (non-hydrogen) atoms. The van der Waals surface area contributed by atoms with E-state index < -0.39 is 10.0 Å². The summed E-state index contributed by atoms with van der Waals surface area (Å²) < 4.78 is 26.3. The summed E-state index contributed by atoms with van der Waals surface area (Å²) in [7, 11) is -0.355. The molecule has 1 N–H and O–H groups in total. The van der Waals surface area contributed by atoms with E-state index in [1.165, 1.54) is 11.4 Å².